The number of phosphoric acid groups is 1. The summed E-state index contributed by atoms with van der Waals surface area (Å²) in [7, 11) is -5.23. The highest BCUT2D eigenvalue weighted by atomic mass is 31.2. The van der Waals surface area contributed by atoms with E-state index in [9.17, 15) is 23.9 Å². The Kier molecular flexibility index (Phi) is 17.3. The summed E-state index contributed by atoms with van der Waals surface area (Å²) < 4.78 is 21.2. The van der Waals surface area contributed by atoms with E-state index in [0.717, 1.165) is 54.4 Å². The number of hydrogen-bond donors (Lipinski definition) is 1. The maximum Gasteiger partial charge on any atom is 0.305 e. The fourth-order valence-corrected chi connectivity index (χ4v) is 6.38. The van der Waals surface area contributed by atoms with Gasteiger partial charge in [0.25, 0.3) is 0 Å². The Morgan fingerprint density at radius 1 is 0.804 bits per heavy atom. The van der Waals surface area contributed by atoms with Gasteiger partial charge in [-0.2, -0.15) is 0 Å². The number of hydrogen-bond acceptors (Lipinski definition) is 7. The van der Waals surface area contributed by atoms with Gasteiger partial charge in [0.05, 0.1) is 20.5 Å². The Morgan fingerprint density at radius 3 is 1.93 bits per heavy atom. The predicted octanol–water partition coefficient (Wildman–Crippen LogP) is 7.49. The number of ether oxygens (including phenoxy) is 1. The van der Waals surface area contributed by atoms with Gasteiger partial charge in [0.1, 0.15) is 6.61 Å². The number of allylic oxidation sites excluding steroid dienone is 2. The molecule has 0 aromatic heterocycles. The van der Waals surface area contributed by atoms with E-state index in [0.29, 0.717) is 6.42 Å². The largest absolute Gasteiger partial charge is 0.790 e. The van der Waals surface area contributed by atoms with Crippen molar-refractivity contribution < 1.29 is 33.2 Å². The summed E-state index contributed by atoms with van der Waals surface area (Å²) in [5.41, 5.74) is 4.47. The monoisotopic (exact) mass is 653 g/mol. The van der Waals surface area contributed by atoms with Crippen molar-refractivity contribution in [3.05, 3.63) is 71.8 Å². The van der Waals surface area contributed by atoms with Crippen LogP contribution >= 0.6 is 7.82 Å². The summed E-state index contributed by atoms with van der Waals surface area (Å²) in [6.07, 6.45) is 20.0. The molecule has 9 heteroatoms. The van der Waals surface area contributed by atoms with Crippen LogP contribution in [0.1, 0.15) is 127 Å². The van der Waals surface area contributed by atoms with Crippen LogP contribution in [0.5, 0.6) is 0 Å². The molecular formula is C37H52NO7P-2. The Hall–Kier alpha value is -2.77. The van der Waals surface area contributed by atoms with Crippen LogP contribution in [0, 0.1) is 0 Å². The first-order valence-corrected chi connectivity index (χ1v) is 18.7. The van der Waals surface area contributed by atoms with Crippen molar-refractivity contribution >= 4 is 19.7 Å². The molecule has 0 radical (unpaired) electrons. The molecule has 2 aromatic carbocycles. The second-order valence-corrected chi connectivity index (χ2v) is 13.4. The fourth-order valence-electron chi connectivity index (χ4n) is 6.01. The smallest absolute Gasteiger partial charge is 0.305 e. The van der Waals surface area contributed by atoms with E-state index in [1.54, 1.807) is 0 Å². The molecule has 0 heterocycles. The predicted molar refractivity (Wildman–Crippen MR) is 179 cm³/mol. The zero-order valence-corrected chi connectivity index (χ0v) is 28.4. The Labute approximate surface area is 275 Å². The van der Waals surface area contributed by atoms with Gasteiger partial charge in [-0.3, -0.25) is 9.59 Å². The van der Waals surface area contributed by atoms with Gasteiger partial charge in [0.2, 0.25) is 5.91 Å². The van der Waals surface area contributed by atoms with Crippen LogP contribution < -0.4 is 15.1 Å². The third-order valence-electron chi connectivity index (χ3n) is 8.54. The topological polar surface area (TPSA) is 128 Å². The second kappa shape index (κ2) is 21.2. The van der Waals surface area contributed by atoms with Gasteiger partial charge in [-0.1, -0.05) is 119 Å². The highest BCUT2D eigenvalue weighted by Gasteiger charge is 2.29. The molecule has 254 valence electrons. The molecule has 0 aliphatic heterocycles. The molecule has 0 saturated carbocycles. The summed E-state index contributed by atoms with van der Waals surface area (Å²) in [6, 6.07) is 15.3. The molecule has 1 N–H and O–H groups in total. The lowest BCUT2D eigenvalue weighted by molar-refractivity contribution is -0.342. The van der Waals surface area contributed by atoms with Gasteiger partial charge in [0.15, 0.2) is 0 Å². The quantitative estimate of drug-likeness (QED) is 0.0538. The van der Waals surface area contributed by atoms with Gasteiger partial charge in [0, 0.05) is 18.8 Å². The summed E-state index contributed by atoms with van der Waals surface area (Å²) >= 11 is 0. The molecule has 0 bridgehead atoms. The number of carbonyl (C=O) groups is 2. The number of phosphoric ester groups is 1. The van der Waals surface area contributed by atoms with E-state index < -0.39 is 26.4 Å². The molecule has 0 fully saturated rings. The minimum absolute atomic E-state index is 0.0558. The van der Waals surface area contributed by atoms with Crippen LogP contribution in [0.15, 0.2) is 60.7 Å². The first kappa shape index (κ1) is 37.7. The van der Waals surface area contributed by atoms with E-state index in [1.165, 1.54) is 44.9 Å². The first-order chi connectivity index (χ1) is 22.3. The van der Waals surface area contributed by atoms with Crippen molar-refractivity contribution in [1.82, 2.24) is 5.32 Å². The molecule has 1 aliphatic carbocycles. The molecule has 8 nitrogen and oxygen atoms in total. The first-order valence-electron chi connectivity index (χ1n) is 17.2. The Morgan fingerprint density at radius 2 is 1.35 bits per heavy atom. The van der Waals surface area contributed by atoms with E-state index in [4.69, 9.17) is 4.74 Å². The number of rotatable bonds is 24. The maximum atomic E-state index is 12.7. The molecular weight excluding hydrogens is 601 g/mol. The molecule has 0 spiro atoms. The number of amides is 1. The van der Waals surface area contributed by atoms with Crippen molar-refractivity contribution in [3.8, 4) is 11.1 Å². The average molecular weight is 654 g/mol. The molecule has 0 unspecified atom stereocenters. The highest BCUT2D eigenvalue weighted by Crippen LogP contribution is 2.44. The Balaban J connectivity index is 1.32. The second-order valence-electron chi connectivity index (χ2n) is 12.3. The molecule has 1 aliphatic rings. The molecule has 1 amide bonds. The molecule has 0 saturated heterocycles. The van der Waals surface area contributed by atoms with Crippen LogP contribution in [0.2, 0.25) is 0 Å². The number of benzene rings is 2. The van der Waals surface area contributed by atoms with E-state index in [2.05, 4.69) is 41.0 Å². The van der Waals surface area contributed by atoms with Gasteiger partial charge in [-0.05, 0) is 60.8 Å². The lowest BCUT2D eigenvalue weighted by atomic mass is 9.98. The van der Waals surface area contributed by atoms with Crippen LogP contribution in [0.3, 0.4) is 0 Å². The standard InChI is InChI=1S/C37H54NO7P/c1-2-3-4-5-6-7-8-9-10-11-12-13-14-15-16-25-36(39)38-30(28-45-46(41,42)43)26-27-37(40)44-29-35-33-23-19-17-21-31(33)32-22-18-20-24-34(32)35/h9-10,17-24,30,35H,2-8,11-16,25-29H2,1H3,(H,38,39)(H2,41,42,43)/p-2/b10-9-/t30-/m1/s1. The van der Waals surface area contributed by atoms with Gasteiger partial charge in [-0.25, -0.2) is 0 Å². The summed E-state index contributed by atoms with van der Waals surface area (Å²) in [4.78, 5) is 47.4. The zero-order chi connectivity index (χ0) is 33.0. The number of unbranched alkanes of at least 4 members (excludes halogenated alkanes) is 11. The van der Waals surface area contributed by atoms with Gasteiger partial charge < -0.3 is 28.9 Å². The van der Waals surface area contributed by atoms with Crippen molar-refractivity contribution in [2.75, 3.05) is 13.2 Å². The maximum absolute atomic E-state index is 12.7. The van der Waals surface area contributed by atoms with E-state index in [1.807, 2.05) is 36.4 Å². The van der Waals surface area contributed by atoms with E-state index >= 15 is 0 Å². The number of carbonyl (C=O) groups excluding carboxylic acids is 2. The minimum atomic E-state index is -5.23. The van der Waals surface area contributed by atoms with Crippen molar-refractivity contribution in [2.24, 2.45) is 0 Å². The van der Waals surface area contributed by atoms with Crippen molar-refractivity contribution in [3.63, 3.8) is 0 Å². The summed E-state index contributed by atoms with van der Waals surface area (Å²) in [5, 5.41) is 2.74. The number of fused-ring (bicyclic) bond motifs is 3. The van der Waals surface area contributed by atoms with E-state index in [-0.39, 0.29) is 37.7 Å². The molecule has 2 aromatic rings. The fraction of sp³-hybridized carbons (Fsp3) is 0.568. The lowest BCUT2D eigenvalue weighted by Crippen LogP contribution is -2.39. The number of esters is 1. The van der Waals surface area contributed by atoms with Crippen LogP contribution in [-0.4, -0.2) is 31.1 Å². The normalized spacial score (nSPS) is 13.5. The third kappa shape index (κ3) is 14.3. The van der Waals surface area contributed by atoms with Crippen molar-refractivity contribution in [1.29, 1.82) is 0 Å². The van der Waals surface area contributed by atoms with Crippen LogP contribution in [-0.2, 0) is 23.4 Å². The van der Waals surface area contributed by atoms with Gasteiger partial charge in [-0.15, -0.1) is 0 Å². The average Bonchev–Trinajstić information content (AvgIpc) is 3.36. The lowest BCUT2D eigenvalue weighted by Gasteiger charge is -2.31. The molecule has 46 heavy (non-hydrogen) atoms. The SMILES string of the molecule is CCCCCCCC/C=C\CCCCCCCC(=O)N[C@H](CCC(=O)OCC1c2ccccc2-c2ccccc21)COP(=O)([O-])[O-]. The van der Waals surface area contributed by atoms with Crippen LogP contribution in [0.4, 0.5) is 0 Å². The zero-order valence-electron chi connectivity index (χ0n) is 27.5. The van der Waals surface area contributed by atoms with Crippen molar-refractivity contribution in [2.45, 2.75) is 122 Å². The number of nitrogens with one attached hydrogen (secondary N) is 1. The van der Waals surface area contributed by atoms with Gasteiger partial charge >= 0.3 is 5.97 Å². The third-order valence-corrected chi connectivity index (χ3v) is 9.00. The van der Waals surface area contributed by atoms with Crippen LogP contribution in [0.25, 0.3) is 11.1 Å². The highest BCUT2D eigenvalue weighted by molar-refractivity contribution is 7.43. The summed E-state index contributed by atoms with van der Waals surface area (Å²) in [6.45, 7) is 1.90. The molecule has 1 atom stereocenters. The summed E-state index contributed by atoms with van der Waals surface area (Å²) in [5.74, 6) is -0.801. The Bertz CT molecular complexity index is 1230. The minimum Gasteiger partial charge on any atom is -0.790 e. The molecule has 3 rings (SSSR count).